The van der Waals surface area contributed by atoms with Crippen LogP contribution in [0.1, 0.15) is 33.5 Å². The van der Waals surface area contributed by atoms with Crippen molar-refractivity contribution in [2.45, 2.75) is 13.5 Å². The monoisotopic (exact) mass is 345 g/mol. The smallest absolute Gasteiger partial charge is 0.355 e. The summed E-state index contributed by atoms with van der Waals surface area (Å²) in [5, 5.41) is 0.415. The molecular formula is C16H12ClN3O4. The lowest BCUT2D eigenvalue weighted by molar-refractivity contribution is 0.0461. The average molecular weight is 346 g/mol. The number of rotatable bonds is 4. The summed E-state index contributed by atoms with van der Waals surface area (Å²) < 4.78 is 6.42. The third-order valence-corrected chi connectivity index (χ3v) is 3.56. The molecule has 7 nitrogen and oxygen atoms in total. The minimum atomic E-state index is -0.638. The van der Waals surface area contributed by atoms with E-state index in [4.69, 9.17) is 16.3 Å². The van der Waals surface area contributed by atoms with Gasteiger partial charge >= 0.3 is 5.97 Å². The molecule has 0 saturated carbocycles. The lowest BCUT2D eigenvalue weighted by atomic mass is 10.2. The van der Waals surface area contributed by atoms with Gasteiger partial charge in [0.15, 0.2) is 5.78 Å². The lowest BCUT2D eigenvalue weighted by Crippen LogP contribution is -2.16. The normalized spacial score (nSPS) is 10.8. The van der Waals surface area contributed by atoms with Gasteiger partial charge in [-0.2, -0.15) is 0 Å². The van der Waals surface area contributed by atoms with E-state index in [0.29, 0.717) is 21.9 Å². The number of hydrogen-bond donors (Lipinski definition) is 1. The quantitative estimate of drug-likeness (QED) is 0.578. The Hall–Kier alpha value is -2.93. The van der Waals surface area contributed by atoms with Crippen LogP contribution in [0.25, 0.3) is 5.65 Å². The maximum atomic E-state index is 12.0. The Balaban J connectivity index is 1.77. The fraction of sp³-hybridized carbons (Fsp3) is 0.125. The summed E-state index contributed by atoms with van der Waals surface area (Å²) in [7, 11) is 0. The molecule has 0 saturated heterocycles. The number of aromatic nitrogens is 3. The van der Waals surface area contributed by atoms with Crippen LogP contribution in [0.2, 0.25) is 5.02 Å². The highest BCUT2D eigenvalue weighted by Gasteiger charge is 2.13. The van der Waals surface area contributed by atoms with Crippen molar-refractivity contribution in [1.29, 1.82) is 0 Å². The number of carbonyl (C=O) groups excluding carboxylic acids is 2. The first kappa shape index (κ1) is 15.9. The fourth-order valence-electron chi connectivity index (χ4n) is 2.13. The van der Waals surface area contributed by atoms with Crippen molar-refractivity contribution >= 4 is 29.0 Å². The molecule has 3 aromatic rings. The standard InChI is InChI=1S/C16H12ClN3O4/c1-9(21)10-4-13(18-6-10)16(23)24-8-12-5-15(22)20-7-11(17)2-3-14(20)19-12/h2-7,18H,8H2,1H3. The van der Waals surface area contributed by atoms with Gasteiger partial charge in [-0.25, -0.2) is 9.78 Å². The molecule has 1 N–H and O–H groups in total. The van der Waals surface area contributed by atoms with Gasteiger partial charge in [0.1, 0.15) is 17.9 Å². The van der Waals surface area contributed by atoms with Crippen LogP contribution >= 0.6 is 11.6 Å². The molecule has 0 bridgehead atoms. The second-order valence-electron chi connectivity index (χ2n) is 5.10. The van der Waals surface area contributed by atoms with Crippen molar-refractivity contribution in [2.24, 2.45) is 0 Å². The number of pyridine rings is 1. The third-order valence-electron chi connectivity index (χ3n) is 3.34. The first-order chi connectivity index (χ1) is 11.4. The summed E-state index contributed by atoms with van der Waals surface area (Å²) in [6.45, 7) is 1.23. The maximum Gasteiger partial charge on any atom is 0.355 e. The molecule has 0 atom stereocenters. The molecule has 3 rings (SSSR count). The molecule has 0 amide bonds. The number of aromatic amines is 1. The minimum Gasteiger partial charge on any atom is -0.455 e. The molecule has 0 spiro atoms. The minimum absolute atomic E-state index is 0.157. The van der Waals surface area contributed by atoms with E-state index in [9.17, 15) is 14.4 Å². The molecule has 0 unspecified atom stereocenters. The van der Waals surface area contributed by atoms with Gasteiger partial charge < -0.3 is 9.72 Å². The van der Waals surface area contributed by atoms with Crippen LogP contribution in [0.3, 0.4) is 0 Å². The van der Waals surface area contributed by atoms with Crippen molar-refractivity contribution in [3.63, 3.8) is 0 Å². The Kier molecular flexibility index (Phi) is 4.18. The van der Waals surface area contributed by atoms with Crippen LogP contribution in [0.15, 0.2) is 41.5 Å². The summed E-state index contributed by atoms with van der Waals surface area (Å²) in [6.07, 6.45) is 2.90. The van der Waals surface area contributed by atoms with Crippen LogP contribution in [0.4, 0.5) is 0 Å². The number of hydrogen-bond acceptors (Lipinski definition) is 5. The number of fused-ring (bicyclic) bond motifs is 1. The van der Waals surface area contributed by atoms with Crippen LogP contribution < -0.4 is 5.56 Å². The Morgan fingerprint density at radius 2 is 2.12 bits per heavy atom. The summed E-state index contributed by atoms with van der Waals surface area (Å²) in [5.41, 5.74) is 0.934. The average Bonchev–Trinajstić information content (AvgIpc) is 3.04. The molecule has 0 aliphatic carbocycles. The van der Waals surface area contributed by atoms with E-state index in [1.54, 1.807) is 12.1 Å². The van der Waals surface area contributed by atoms with Gasteiger partial charge in [0, 0.05) is 24.0 Å². The first-order valence-electron chi connectivity index (χ1n) is 6.98. The fourth-order valence-corrected chi connectivity index (χ4v) is 2.29. The molecule has 8 heteroatoms. The van der Waals surface area contributed by atoms with E-state index in [1.807, 2.05) is 0 Å². The van der Waals surface area contributed by atoms with Crippen molar-refractivity contribution in [3.05, 3.63) is 69.0 Å². The topological polar surface area (TPSA) is 93.5 Å². The molecule has 24 heavy (non-hydrogen) atoms. The zero-order chi connectivity index (χ0) is 17.3. The second-order valence-corrected chi connectivity index (χ2v) is 5.53. The highest BCUT2D eigenvalue weighted by Crippen LogP contribution is 2.10. The zero-order valence-corrected chi connectivity index (χ0v) is 13.3. The molecule has 3 aromatic heterocycles. The number of nitrogens with zero attached hydrogens (tertiary/aromatic N) is 2. The summed E-state index contributed by atoms with van der Waals surface area (Å²) in [6, 6.07) is 5.89. The van der Waals surface area contributed by atoms with E-state index in [0.717, 1.165) is 0 Å². The first-order valence-corrected chi connectivity index (χ1v) is 7.36. The Bertz CT molecular complexity index is 1010. The van der Waals surface area contributed by atoms with Gasteiger partial charge in [-0.3, -0.25) is 14.0 Å². The molecule has 0 aromatic carbocycles. The van der Waals surface area contributed by atoms with Crippen LogP contribution in [-0.4, -0.2) is 26.1 Å². The zero-order valence-electron chi connectivity index (χ0n) is 12.6. The van der Waals surface area contributed by atoms with E-state index in [2.05, 4.69) is 9.97 Å². The molecule has 0 radical (unpaired) electrons. The third kappa shape index (κ3) is 3.21. The van der Waals surface area contributed by atoms with Crippen molar-refractivity contribution < 1.29 is 14.3 Å². The Morgan fingerprint density at radius 1 is 1.33 bits per heavy atom. The predicted molar refractivity (Wildman–Crippen MR) is 86.4 cm³/mol. The van der Waals surface area contributed by atoms with Gasteiger partial charge in [0.25, 0.3) is 5.56 Å². The number of carbonyl (C=O) groups is 2. The summed E-state index contributed by atoms with van der Waals surface area (Å²) in [4.78, 5) is 42.1. The molecule has 0 fully saturated rings. The van der Waals surface area contributed by atoms with E-state index in [1.165, 1.54) is 35.9 Å². The van der Waals surface area contributed by atoms with Crippen molar-refractivity contribution in [1.82, 2.24) is 14.4 Å². The van der Waals surface area contributed by atoms with Crippen molar-refractivity contribution in [2.75, 3.05) is 0 Å². The molecule has 0 aliphatic rings. The predicted octanol–water partition coefficient (Wildman–Crippen LogP) is 2.24. The SMILES string of the molecule is CC(=O)c1c[nH]c(C(=O)OCc2cc(=O)n3cc(Cl)ccc3n2)c1. The van der Waals surface area contributed by atoms with E-state index < -0.39 is 5.97 Å². The number of Topliss-reactive ketones (excluding diaryl/α,β-unsaturated/α-hetero) is 1. The van der Waals surface area contributed by atoms with Gasteiger partial charge in [-0.05, 0) is 25.1 Å². The second kappa shape index (κ2) is 6.29. The Morgan fingerprint density at radius 3 is 2.83 bits per heavy atom. The number of ether oxygens (including phenoxy) is 1. The van der Waals surface area contributed by atoms with Gasteiger partial charge in [0.2, 0.25) is 0 Å². The molecule has 122 valence electrons. The Labute approximate surface area is 140 Å². The summed E-state index contributed by atoms with van der Waals surface area (Å²) >= 11 is 5.84. The summed E-state index contributed by atoms with van der Waals surface area (Å²) in [5.74, 6) is -0.797. The largest absolute Gasteiger partial charge is 0.455 e. The lowest BCUT2D eigenvalue weighted by Gasteiger charge is -2.05. The van der Waals surface area contributed by atoms with Crippen molar-refractivity contribution in [3.8, 4) is 0 Å². The van der Waals surface area contributed by atoms with Gasteiger partial charge in [0.05, 0.1) is 10.7 Å². The number of halogens is 1. The number of esters is 1. The highest BCUT2D eigenvalue weighted by molar-refractivity contribution is 6.30. The van der Waals surface area contributed by atoms with Crippen LogP contribution in [0.5, 0.6) is 0 Å². The highest BCUT2D eigenvalue weighted by atomic mass is 35.5. The van der Waals surface area contributed by atoms with Crippen LogP contribution in [-0.2, 0) is 11.3 Å². The van der Waals surface area contributed by atoms with Gasteiger partial charge in [-0.1, -0.05) is 11.6 Å². The van der Waals surface area contributed by atoms with Crippen LogP contribution in [0, 0.1) is 0 Å². The van der Waals surface area contributed by atoms with E-state index in [-0.39, 0.29) is 23.6 Å². The molecule has 3 heterocycles. The van der Waals surface area contributed by atoms with Gasteiger partial charge in [-0.15, -0.1) is 0 Å². The number of H-pyrrole nitrogens is 1. The maximum absolute atomic E-state index is 12.0. The van der Waals surface area contributed by atoms with E-state index >= 15 is 0 Å². The molecular weight excluding hydrogens is 334 g/mol. The number of ketones is 1. The number of nitrogens with one attached hydrogen (secondary N) is 1. The molecule has 0 aliphatic heterocycles.